The molecule has 0 aliphatic carbocycles. The van der Waals surface area contributed by atoms with Crippen LogP contribution in [0.15, 0.2) is 53.1 Å². The summed E-state index contributed by atoms with van der Waals surface area (Å²) in [5.74, 6) is 1.75. The summed E-state index contributed by atoms with van der Waals surface area (Å²) in [6.45, 7) is 7.44. The van der Waals surface area contributed by atoms with Crippen LogP contribution in [0.5, 0.6) is 0 Å². The lowest BCUT2D eigenvalue weighted by atomic mass is 9.67. The van der Waals surface area contributed by atoms with Crippen molar-refractivity contribution in [3.05, 3.63) is 60.1 Å². The fourth-order valence-corrected chi connectivity index (χ4v) is 5.44. The molecule has 3 aliphatic rings. The second-order valence-corrected chi connectivity index (χ2v) is 8.23. The minimum absolute atomic E-state index is 0.282. The number of hydrogen-bond acceptors (Lipinski definition) is 4. The highest BCUT2D eigenvalue weighted by Gasteiger charge is 2.51. The molecule has 138 valence electrons. The number of nitrogens with zero attached hydrogens (tertiary/aromatic N) is 2. The fourth-order valence-electron chi connectivity index (χ4n) is 5.44. The molecule has 3 atom stereocenters. The van der Waals surface area contributed by atoms with Gasteiger partial charge in [0.1, 0.15) is 5.76 Å². The molecule has 4 heterocycles. The Labute approximate surface area is 155 Å². The van der Waals surface area contributed by atoms with Gasteiger partial charge in [-0.15, -0.1) is 0 Å². The molecule has 0 amide bonds. The van der Waals surface area contributed by atoms with Crippen LogP contribution in [-0.4, -0.2) is 55.2 Å². The van der Waals surface area contributed by atoms with E-state index in [9.17, 15) is 0 Å². The predicted octanol–water partition coefficient (Wildman–Crippen LogP) is 3.14. The molecule has 0 unspecified atom stereocenters. The number of benzene rings is 1. The van der Waals surface area contributed by atoms with E-state index >= 15 is 0 Å². The maximum atomic E-state index is 5.66. The van der Waals surface area contributed by atoms with E-state index in [1.165, 1.54) is 31.5 Å². The Bertz CT molecular complexity index is 711. The van der Waals surface area contributed by atoms with E-state index in [2.05, 4.69) is 46.2 Å². The van der Waals surface area contributed by atoms with Crippen LogP contribution in [0.4, 0.5) is 0 Å². The molecule has 3 saturated heterocycles. The van der Waals surface area contributed by atoms with Crippen LogP contribution >= 0.6 is 0 Å². The van der Waals surface area contributed by atoms with Gasteiger partial charge in [0.25, 0.3) is 0 Å². The van der Waals surface area contributed by atoms with Crippen LogP contribution in [0.1, 0.15) is 24.2 Å². The van der Waals surface area contributed by atoms with E-state index in [0.29, 0.717) is 12.0 Å². The third-order valence-corrected chi connectivity index (χ3v) is 6.80. The Balaban J connectivity index is 1.40. The summed E-state index contributed by atoms with van der Waals surface area (Å²) in [6.07, 6.45) is 4.22. The van der Waals surface area contributed by atoms with Gasteiger partial charge in [0.2, 0.25) is 0 Å². The lowest BCUT2D eigenvalue weighted by Crippen LogP contribution is -2.52. The van der Waals surface area contributed by atoms with Crippen LogP contribution in [0.25, 0.3) is 0 Å². The van der Waals surface area contributed by atoms with Crippen molar-refractivity contribution in [3.63, 3.8) is 0 Å². The van der Waals surface area contributed by atoms with Crippen LogP contribution in [0, 0.1) is 5.92 Å². The van der Waals surface area contributed by atoms with Crippen LogP contribution in [-0.2, 0) is 16.7 Å². The zero-order valence-electron chi connectivity index (χ0n) is 15.3. The summed E-state index contributed by atoms with van der Waals surface area (Å²) in [5, 5.41) is 0. The Morgan fingerprint density at radius 3 is 2.77 bits per heavy atom. The van der Waals surface area contributed by atoms with Crippen LogP contribution in [0.3, 0.4) is 0 Å². The SMILES string of the molecule is c1ccc([C@]23CCN([C@H]4CCOC4)C[C@@H]2CN(Cc2ccco2)C3)cc1. The second kappa shape index (κ2) is 6.84. The Morgan fingerprint density at radius 2 is 2.00 bits per heavy atom. The average molecular weight is 352 g/mol. The molecular formula is C22H28N2O2. The molecule has 0 bridgehead atoms. The molecule has 0 N–H and O–H groups in total. The average Bonchev–Trinajstić information content (AvgIpc) is 3.43. The van der Waals surface area contributed by atoms with Gasteiger partial charge in [-0.05, 0) is 43.0 Å². The van der Waals surface area contributed by atoms with Crippen molar-refractivity contribution in [1.29, 1.82) is 0 Å². The molecule has 3 fully saturated rings. The third kappa shape index (κ3) is 2.90. The van der Waals surface area contributed by atoms with Crippen molar-refractivity contribution >= 4 is 0 Å². The highest BCUT2D eigenvalue weighted by Crippen LogP contribution is 2.46. The van der Waals surface area contributed by atoms with Crippen molar-refractivity contribution in [1.82, 2.24) is 9.80 Å². The zero-order chi connectivity index (χ0) is 17.4. The van der Waals surface area contributed by atoms with E-state index in [1.54, 1.807) is 6.26 Å². The lowest BCUT2D eigenvalue weighted by Gasteiger charge is -2.45. The molecule has 0 saturated carbocycles. The largest absolute Gasteiger partial charge is 0.468 e. The summed E-state index contributed by atoms with van der Waals surface area (Å²) in [7, 11) is 0. The zero-order valence-corrected chi connectivity index (χ0v) is 15.3. The predicted molar refractivity (Wildman–Crippen MR) is 101 cm³/mol. The lowest BCUT2D eigenvalue weighted by molar-refractivity contribution is 0.0740. The number of hydrogen-bond donors (Lipinski definition) is 0. The topological polar surface area (TPSA) is 28.9 Å². The van der Waals surface area contributed by atoms with Gasteiger partial charge >= 0.3 is 0 Å². The van der Waals surface area contributed by atoms with Crippen LogP contribution < -0.4 is 0 Å². The molecule has 4 heteroatoms. The highest BCUT2D eigenvalue weighted by atomic mass is 16.5. The fraction of sp³-hybridized carbons (Fsp3) is 0.545. The van der Waals surface area contributed by atoms with E-state index in [-0.39, 0.29) is 5.41 Å². The first-order valence-electron chi connectivity index (χ1n) is 9.95. The van der Waals surface area contributed by atoms with Crippen LogP contribution in [0.2, 0.25) is 0 Å². The Hall–Kier alpha value is -1.62. The van der Waals surface area contributed by atoms with E-state index in [4.69, 9.17) is 9.15 Å². The molecule has 3 aliphatic heterocycles. The smallest absolute Gasteiger partial charge is 0.117 e. The van der Waals surface area contributed by atoms with Crippen molar-refractivity contribution < 1.29 is 9.15 Å². The standard InChI is InChI=1S/C22H28N2O2/c1-2-5-18(6-3-1)22-9-10-24(20-8-12-25-16-20)14-19(22)13-23(17-22)15-21-7-4-11-26-21/h1-7,11,19-20H,8-10,12-17H2/t19-,20-,22+/m0/s1. The van der Waals surface area contributed by atoms with Gasteiger partial charge in [-0.25, -0.2) is 0 Å². The molecule has 5 rings (SSSR count). The number of furan rings is 1. The first kappa shape index (κ1) is 16.5. The summed E-state index contributed by atoms with van der Waals surface area (Å²) in [5.41, 5.74) is 1.80. The maximum Gasteiger partial charge on any atom is 0.117 e. The van der Waals surface area contributed by atoms with Crippen molar-refractivity contribution in [2.24, 2.45) is 5.92 Å². The number of rotatable bonds is 4. The van der Waals surface area contributed by atoms with E-state index in [1.807, 2.05) is 6.07 Å². The minimum Gasteiger partial charge on any atom is -0.468 e. The van der Waals surface area contributed by atoms with Gasteiger partial charge in [0, 0.05) is 37.7 Å². The molecular weight excluding hydrogens is 324 g/mol. The van der Waals surface area contributed by atoms with Gasteiger partial charge in [0.15, 0.2) is 0 Å². The van der Waals surface area contributed by atoms with Gasteiger partial charge in [-0.1, -0.05) is 30.3 Å². The van der Waals surface area contributed by atoms with Crippen molar-refractivity contribution in [2.45, 2.75) is 30.8 Å². The maximum absolute atomic E-state index is 5.66. The van der Waals surface area contributed by atoms with Gasteiger partial charge in [-0.3, -0.25) is 9.80 Å². The Kier molecular flexibility index (Phi) is 4.35. The normalized spacial score (nSPS) is 32.8. The molecule has 0 radical (unpaired) electrons. The number of fused-ring (bicyclic) bond motifs is 1. The summed E-state index contributed by atoms with van der Waals surface area (Å²) in [4.78, 5) is 5.31. The summed E-state index contributed by atoms with van der Waals surface area (Å²) < 4.78 is 11.3. The first-order chi connectivity index (χ1) is 12.8. The summed E-state index contributed by atoms with van der Waals surface area (Å²) >= 11 is 0. The molecule has 2 aromatic rings. The van der Waals surface area contributed by atoms with Crippen molar-refractivity contribution in [3.8, 4) is 0 Å². The molecule has 26 heavy (non-hydrogen) atoms. The van der Waals surface area contributed by atoms with Gasteiger partial charge in [-0.2, -0.15) is 0 Å². The molecule has 0 spiro atoms. The Morgan fingerprint density at radius 1 is 1.08 bits per heavy atom. The van der Waals surface area contributed by atoms with Gasteiger partial charge in [0.05, 0.1) is 19.4 Å². The molecule has 4 nitrogen and oxygen atoms in total. The molecule has 1 aromatic heterocycles. The highest BCUT2D eigenvalue weighted by molar-refractivity contribution is 5.30. The molecule has 1 aromatic carbocycles. The number of likely N-dealkylation sites (tertiary alicyclic amines) is 2. The number of piperidine rings is 1. The van der Waals surface area contributed by atoms with E-state index < -0.39 is 0 Å². The van der Waals surface area contributed by atoms with Crippen molar-refractivity contribution in [2.75, 3.05) is 39.4 Å². The summed E-state index contributed by atoms with van der Waals surface area (Å²) in [6, 6.07) is 15.9. The quantitative estimate of drug-likeness (QED) is 0.845. The minimum atomic E-state index is 0.282. The number of ether oxygens (including phenoxy) is 1. The van der Waals surface area contributed by atoms with E-state index in [0.717, 1.165) is 38.6 Å². The third-order valence-electron chi connectivity index (χ3n) is 6.80. The van der Waals surface area contributed by atoms with Gasteiger partial charge < -0.3 is 9.15 Å². The second-order valence-electron chi connectivity index (χ2n) is 8.23. The first-order valence-corrected chi connectivity index (χ1v) is 9.95. The monoisotopic (exact) mass is 352 g/mol.